The highest BCUT2D eigenvalue weighted by Crippen LogP contribution is 2.47. The van der Waals surface area contributed by atoms with E-state index in [9.17, 15) is 14.4 Å². The van der Waals surface area contributed by atoms with Gasteiger partial charge in [-0.25, -0.2) is 0 Å². The predicted molar refractivity (Wildman–Crippen MR) is 70.4 cm³/mol. The van der Waals surface area contributed by atoms with Gasteiger partial charge in [-0.05, 0) is 24.6 Å². The first kappa shape index (κ1) is 17.3. The van der Waals surface area contributed by atoms with Crippen LogP contribution in [0, 0.1) is 0 Å². The van der Waals surface area contributed by atoms with E-state index >= 15 is 0 Å². The summed E-state index contributed by atoms with van der Waals surface area (Å²) in [6.07, 6.45) is 0.692. The average Bonchev–Trinajstić information content (AvgIpc) is 2.08. The van der Waals surface area contributed by atoms with Crippen molar-refractivity contribution in [3.8, 4) is 0 Å². The standard InChI is InChI=1S/C10H25O5PSi/c1-7-8-14-9(16(11,12)13)15-17(5,6)10(2,3)4/h9H,7-8H2,1-6H3,(H2,11,12,13). The first-order chi connectivity index (χ1) is 7.42. The van der Waals surface area contributed by atoms with Gasteiger partial charge in [0.2, 0.25) is 0 Å². The van der Waals surface area contributed by atoms with Gasteiger partial charge in [-0.2, -0.15) is 0 Å². The molecular formula is C10H25O5PSi. The summed E-state index contributed by atoms with van der Waals surface area (Å²) in [4.78, 5) is 18.4. The molecule has 0 spiro atoms. The highest BCUT2D eigenvalue weighted by Gasteiger charge is 2.44. The lowest BCUT2D eigenvalue weighted by atomic mass is 10.2. The molecule has 0 aliphatic heterocycles. The molecule has 0 aromatic rings. The zero-order valence-corrected chi connectivity index (χ0v) is 13.5. The number of hydrogen-bond acceptors (Lipinski definition) is 3. The molecule has 0 aromatic heterocycles. The molecule has 0 aliphatic carbocycles. The monoisotopic (exact) mass is 284 g/mol. The summed E-state index contributed by atoms with van der Waals surface area (Å²) in [6.45, 7) is 12.1. The zero-order valence-electron chi connectivity index (χ0n) is 11.6. The molecule has 2 N–H and O–H groups in total. The van der Waals surface area contributed by atoms with Crippen molar-refractivity contribution >= 4 is 15.9 Å². The minimum Gasteiger partial charge on any atom is -0.383 e. The van der Waals surface area contributed by atoms with E-state index in [4.69, 9.17) is 9.16 Å². The third kappa shape index (κ3) is 5.64. The molecule has 0 fully saturated rings. The fraction of sp³-hybridized carbons (Fsp3) is 1.00. The molecule has 0 saturated carbocycles. The van der Waals surface area contributed by atoms with E-state index in [0.29, 0.717) is 6.42 Å². The normalized spacial score (nSPS) is 16.0. The Hall–Kier alpha value is 0.287. The largest absolute Gasteiger partial charge is 0.383 e. The van der Waals surface area contributed by atoms with Crippen molar-refractivity contribution in [2.24, 2.45) is 0 Å². The summed E-state index contributed by atoms with van der Waals surface area (Å²) in [5.41, 5.74) is 0. The molecule has 7 heteroatoms. The maximum atomic E-state index is 11.3. The number of rotatable bonds is 6. The third-order valence-electron chi connectivity index (χ3n) is 2.94. The van der Waals surface area contributed by atoms with E-state index in [2.05, 4.69) is 0 Å². The van der Waals surface area contributed by atoms with Crippen LogP contribution in [0.1, 0.15) is 34.1 Å². The van der Waals surface area contributed by atoms with Gasteiger partial charge in [0.1, 0.15) is 0 Å². The van der Waals surface area contributed by atoms with E-state index in [-0.39, 0.29) is 11.6 Å². The maximum Gasteiger partial charge on any atom is 0.380 e. The van der Waals surface area contributed by atoms with E-state index in [1.54, 1.807) is 0 Å². The van der Waals surface area contributed by atoms with E-state index < -0.39 is 21.9 Å². The lowest BCUT2D eigenvalue weighted by Gasteiger charge is -2.38. The second-order valence-corrected chi connectivity index (χ2v) is 12.0. The summed E-state index contributed by atoms with van der Waals surface area (Å²) < 4.78 is 22.1. The Labute approximate surface area is 105 Å². The van der Waals surface area contributed by atoms with Crippen LogP contribution in [-0.4, -0.2) is 30.7 Å². The Balaban J connectivity index is 4.82. The first-order valence-corrected chi connectivity index (χ1v) is 10.4. The van der Waals surface area contributed by atoms with Crippen molar-refractivity contribution < 1.29 is 23.5 Å². The van der Waals surface area contributed by atoms with Gasteiger partial charge in [-0.15, -0.1) is 0 Å². The summed E-state index contributed by atoms with van der Waals surface area (Å²) in [6, 6.07) is -1.43. The quantitative estimate of drug-likeness (QED) is 0.445. The van der Waals surface area contributed by atoms with Crippen LogP contribution in [0.4, 0.5) is 0 Å². The van der Waals surface area contributed by atoms with Crippen LogP contribution < -0.4 is 0 Å². The molecule has 0 aliphatic rings. The minimum absolute atomic E-state index is 0.115. The summed E-state index contributed by atoms with van der Waals surface area (Å²) >= 11 is 0. The molecule has 0 bridgehead atoms. The van der Waals surface area contributed by atoms with Crippen LogP contribution in [0.3, 0.4) is 0 Å². The molecule has 5 nitrogen and oxygen atoms in total. The van der Waals surface area contributed by atoms with E-state index in [1.807, 2.05) is 40.8 Å². The zero-order chi connectivity index (χ0) is 13.9. The Morgan fingerprint density at radius 2 is 1.76 bits per heavy atom. The van der Waals surface area contributed by atoms with Gasteiger partial charge in [-0.3, -0.25) is 4.57 Å². The van der Waals surface area contributed by atoms with Crippen LogP contribution in [0.5, 0.6) is 0 Å². The fourth-order valence-corrected chi connectivity index (χ4v) is 3.41. The lowest BCUT2D eigenvalue weighted by molar-refractivity contribution is -0.0455. The Morgan fingerprint density at radius 3 is 2.06 bits per heavy atom. The molecule has 17 heavy (non-hydrogen) atoms. The average molecular weight is 284 g/mol. The van der Waals surface area contributed by atoms with Crippen molar-refractivity contribution in [3.05, 3.63) is 0 Å². The molecular weight excluding hydrogens is 259 g/mol. The molecule has 1 atom stereocenters. The van der Waals surface area contributed by atoms with Crippen molar-refractivity contribution in [1.82, 2.24) is 0 Å². The highest BCUT2D eigenvalue weighted by molar-refractivity contribution is 7.52. The van der Waals surface area contributed by atoms with Crippen molar-refractivity contribution in [3.63, 3.8) is 0 Å². The predicted octanol–water partition coefficient (Wildman–Crippen LogP) is 2.90. The molecule has 1 unspecified atom stereocenters. The van der Waals surface area contributed by atoms with Crippen LogP contribution in [0.2, 0.25) is 18.1 Å². The van der Waals surface area contributed by atoms with Gasteiger partial charge < -0.3 is 18.9 Å². The van der Waals surface area contributed by atoms with Crippen molar-refractivity contribution in [2.75, 3.05) is 6.61 Å². The van der Waals surface area contributed by atoms with Gasteiger partial charge in [0, 0.05) is 0 Å². The van der Waals surface area contributed by atoms with Crippen molar-refractivity contribution in [1.29, 1.82) is 0 Å². The molecule has 0 radical (unpaired) electrons. The smallest absolute Gasteiger partial charge is 0.380 e. The highest BCUT2D eigenvalue weighted by atomic mass is 31.2. The molecule has 0 amide bonds. The van der Waals surface area contributed by atoms with Gasteiger partial charge >= 0.3 is 7.60 Å². The SMILES string of the molecule is CCCOC(O[Si](C)(C)C(C)(C)C)P(=O)(O)O. The van der Waals surface area contributed by atoms with Crippen molar-refractivity contribution in [2.45, 2.75) is 58.3 Å². The number of ether oxygens (including phenoxy) is 1. The second-order valence-electron chi connectivity index (χ2n) is 5.65. The Bertz CT molecular complexity index is 281. The van der Waals surface area contributed by atoms with E-state index in [0.717, 1.165) is 0 Å². The Morgan fingerprint density at radius 1 is 1.29 bits per heavy atom. The van der Waals surface area contributed by atoms with Crippen LogP contribution >= 0.6 is 7.60 Å². The van der Waals surface area contributed by atoms with Gasteiger partial charge in [0.15, 0.2) is 8.32 Å². The third-order valence-corrected chi connectivity index (χ3v) is 8.36. The summed E-state index contributed by atoms with van der Waals surface area (Å²) in [7, 11) is -6.63. The van der Waals surface area contributed by atoms with E-state index in [1.165, 1.54) is 0 Å². The summed E-state index contributed by atoms with van der Waals surface area (Å²) in [5.74, 6) is 0. The van der Waals surface area contributed by atoms with Gasteiger partial charge in [0.05, 0.1) is 6.61 Å². The molecule has 0 heterocycles. The van der Waals surface area contributed by atoms with Crippen LogP contribution in [0.25, 0.3) is 0 Å². The number of hydrogen-bond donors (Lipinski definition) is 2. The van der Waals surface area contributed by atoms with Gasteiger partial charge in [0.25, 0.3) is 6.03 Å². The van der Waals surface area contributed by atoms with Gasteiger partial charge in [-0.1, -0.05) is 27.7 Å². The topological polar surface area (TPSA) is 76.0 Å². The van der Waals surface area contributed by atoms with Crippen LogP contribution in [0.15, 0.2) is 0 Å². The molecule has 0 rings (SSSR count). The van der Waals surface area contributed by atoms with Crippen LogP contribution in [-0.2, 0) is 13.7 Å². The first-order valence-electron chi connectivity index (χ1n) is 5.76. The molecule has 104 valence electrons. The molecule has 0 saturated heterocycles. The second kappa shape index (κ2) is 5.95. The maximum absolute atomic E-state index is 11.3. The fourth-order valence-electron chi connectivity index (χ4n) is 0.847. The summed E-state index contributed by atoms with van der Waals surface area (Å²) in [5, 5.41) is -0.115. The lowest BCUT2D eigenvalue weighted by Crippen LogP contribution is -2.44. The Kier molecular flexibility index (Phi) is 6.05. The minimum atomic E-state index is -4.38. The molecule has 0 aromatic carbocycles.